The molecular formula is C14H13NO3S. The third-order valence-corrected chi connectivity index (χ3v) is 3.57. The Hall–Kier alpha value is -2.14. The number of carboxylic acid groups (broad SMARTS) is 1. The SMILES string of the molecule is Cc1[nH]c(C(=O)O)c(C)c1C(=O)/C=C/c1ccsc1. The van der Waals surface area contributed by atoms with Gasteiger partial charge in [0.2, 0.25) is 0 Å². The number of ketones is 1. The molecule has 0 aliphatic heterocycles. The van der Waals surface area contributed by atoms with Crippen molar-refractivity contribution in [1.29, 1.82) is 0 Å². The van der Waals surface area contributed by atoms with E-state index < -0.39 is 5.97 Å². The van der Waals surface area contributed by atoms with Crippen LogP contribution in [0.1, 0.15) is 37.7 Å². The number of aromatic nitrogens is 1. The second kappa shape index (κ2) is 5.24. The number of H-pyrrole nitrogens is 1. The lowest BCUT2D eigenvalue weighted by molar-refractivity contribution is 0.0690. The van der Waals surface area contributed by atoms with Crippen LogP contribution < -0.4 is 0 Å². The first-order valence-electron chi connectivity index (χ1n) is 5.67. The number of hydrogen-bond acceptors (Lipinski definition) is 3. The molecule has 0 aliphatic rings. The van der Waals surface area contributed by atoms with Gasteiger partial charge in [0.25, 0.3) is 0 Å². The van der Waals surface area contributed by atoms with Crippen LogP contribution in [0.3, 0.4) is 0 Å². The van der Waals surface area contributed by atoms with Crippen LogP contribution >= 0.6 is 11.3 Å². The van der Waals surface area contributed by atoms with Gasteiger partial charge in [0, 0.05) is 11.3 Å². The van der Waals surface area contributed by atoms with Crippen LogP contribution in [-0.2, 0) is 0 Å². The van der Waals surface area contributed by atoms with Gasteiger partial charge in [0.1, 0.15) is 5.69 Å². The highest BCUT2D eigenvalue weighted by molar-refractivity contribution is 7.08. The Bertz CT molecular complexity index is 651. The summed E-state index contributed by atoms with van der Waals surface area (Å²) in [6, 6.07) is 1.91. The van der Waals surface area contributed by atoms with Gasteiger partial charge in [0.05, 0.1) is 0 Å². The average Bonchev–Trinajstić information content (AvgIpc) is 2.94. The molecule has 98 valence electrons. The number of aromatic amines is 1. The van der Waals surface area contributed by atoms with Crippen molar-refractivity contribution in [1.82, 2.24) is 4.98 Å². The smallest absolute Gasteiger partial charge is 0.352 e. The van der Waals surface area contributed by atoms with Crippen LogP contribution in [0.2, 0.25) is 0 Å². The van der Waals surface area contributed by atoms with Crippen molar-refractivity contribution in [2.45, 2.75) is 13.8 Å². The Labute approximate surface area is 114 Å². The van der Waals surface area contributed by atoms with E-state index in [1.54, 1.807) is 31.3 Å². The highest BCUT2D eigenvalue weighted by atomic mass is 32.1. The number of carboxylic acids is 1. The van der Waals surface area contributed by atoms with Gasteiger partial charge >= 0.3 is 5.97 Å². The maximum Gasteiger partial charge on any atom is 0.352 e. The van der Waals surface area contributed by atoms with Crippen molar-refractivity contribution in [3.05, 3.63) is 51.0 Å². The molecule has 5 heteroatoms. The first-order chi connectivity index (χ1) is 9.00. The van der Waals surface area contributed by atoms with Gasteiger partial charge in [-0.1, -0.05) is 6.08 Å². The predicted molar refractivity (Wildman–Crippen MR) is 74.9 cm³/mol. The fraction of sp³-hybridized carbons (Fsp3) is 0.143. The molecule has 0 unspecified atom stereocenters. The average molecular weight is 275 g/mol. The minimum absolute atomic E-state index is 0.0739. The normalized spacial score (nSPS) is 11.1. The maximum atomic E-state index is 12.1. The molecule has 0 amide bonds. The lowest BCUT2D eigenvalue weighted by Crippen LogP contribution is -2.01. The van der Waals surface area contributed by atoms with Crippen LogP contribution in [0.5, 0.6) is 0 Å². The summed E-state index contributed by atoms with van der Waals surface area (Å²) in [5.41, 5.74) is 2.52. The largest absolute Gasteiger partial charge is 0.477 e. The quantitative estimate of drug-likeness (QED) is 0.664. The topological polar surface area (TPSA) is 70.2 Å². The van der Waals surface area contributed by atoms with Crippen molar-refractivity contribution in [3.63, 3.8) is 0 Å². The van der Waals surface area contributed by atoms with Crippen LogP contribution in [-0.4, -0.2) is 21.8 Å². The summed E-state index contributed by atoms with van der Waals surface area (Å²) in [4.78, 5) is 25.9. The number of nitrogens with one attached hydrogen (secondary N) is 1. The molecular weight excluding hydrogens is 262 g/mol. The predicted octanol–water partition coefficient (Wildman–Crippen LogP) is 3.29. The van der Waals surface area contributed by atoms with E-state index in [1.807, 2.05) is 16.8 Å². The number of allylic oxidation sites excluding steroid dienone is 1. The Balaban J connectivity index is 2.32. The summed E-state index contributed by atoms with van der Waals surface area (Å²) in [6.45, 7) is 3.34. The third kappa shape index (κ3) is 2.66. The molecule has 0 fully saturated rings. The first kappa shape index (κ1) is 13.3. The van der Waals surface area contributed by atoms with Gasteiger partial charge < -0.3 is 10.1 Å². The zero-order chi connectivity index (χ0) is 14.0. The number of aryl methyl sites for hydroxylation is 1. The van der Waals surface area contributed by atoms with E-state index in [-0.39, 0.29) is 11.5 Å². The van der Waals surface area contributed by atoms with E-state index in [0.29, 0.717) is 16.8 Å². The second-order valence-electron chi connectivity index (χ2n) is 4.18. The molecule has 0 bridgehead atoms. The zero-order valence-corrected chi connectivity index (χ0v) is 11.4. The molecule has 2 heterocycles. The van der Waals surface area contributed by atoms with Crippen molar-refractivity contribution < 1.29 is 14.7 Å². The van der Waals surface area contributed by atoms with Crippen molar-refractivity contribution in [2.75, 3.05) is 0 Å². The standard InChI is InChI=1S/C14H13NO3S/c1-8-12(9(2)15-13(8)14(17)18)11(16)4-3-10-5-6-19-7-10/h3-7,15H,1-2H3,(H,17,18)/b4-3+. The van der Waals surface area contributed by atoms with Crippen LogP contribution in [0, 0.1) is 13.8 Å². The first-order valence-corrected chi connectivity index (χ1v) is 6.62. The summed E-state index contributed by atoms with van der Waals surface area (Å²) in [5, 5.41) is 12.9. The van der Waals surface area contributed by atoms with Gasteiger partial charge in [-0.3, -0.25) is 4.79 Å². The molecule has 0 radical (unpaired) electrons. The lowest BCUT2D eigenvalue weighted by atomic mass is 10.0. The number of thiophene rings is 1. The molecule has 0 saturated heterocycles. The highest BCUT2D eigenvalue weighted by Gasteiger charge is 2.19. The number of aromatic carboxylic acids is 1. The van der Waals surface area contributed by atoms with Crippen LogP contribution in [0.4, 0.5) is 0 Å². The van der Waals surface area contributed by atoms with Crippen LogP contribution in [0.25, 0.3) is 6.08 Å². The third-order valence-electron chi connectivity index (χ3n) is 2.87. The van der Waals surface area contributed by atoms with E-state index in [9.17, 15) is 9.59 Å². The minimum atomic E-state index is -1.05. The molecule has 2 rings (SSSR count). The van der Waals surface area contributed by atoms with E-state index in [4.69, 9.17) is 5.11 Å². The Morgan fingerprint density at radius 1 is 1.37 bits per heavy atom. The molecule has 0 aromatic carbocycles. The summed E-state index contributed by atoms with van der Waals surface area (Å²) in [7, 11) is 0. The van der Waals surface area contributed by atoms with Crippen LogP contribution in [0.15, 0.2) is 22.9 Å². The number of carbonyl (C=O) groups is 2. The fourth-order valence-electron chi connectivity index (χ4n) is 1.96. The summed E-state index contributed by atoms with van der Waals surface area (Å²) < 4.78 is 0. The number of hydrogen-bond donors (Lipinski definition) is 2. The van der Waals surface area contributed by atoms with Gasteiger partial charge in [-0.25, -0.2) is 4.79 Å². The fourth-order valence-corrected chi connectivity index (χ4v) is 2.59. The monoisotopic (exact) mass is 275 g/mol. The van der Waals surface area contributed by atoms with E-state index in [2.05, 4.69) is 4.98 Å². The molecule has 0 atom stereocenters. The molecule has 2 N–H and O–H groups in total. The van der Waals surface area contributed by atoms with E-state index >= 15 is 0 Å². The van der Waals surface area contributed by atoms with Gasteiger partial charge in [-0.05, 0) is 47.9 Å². The summed E-state index contributed by atoms with van der Waals surface area (Å²) in [5.74, 6) is -1.24. The molecule has 0 spiro atoms. The Morgan fingerprint density at radius 2 is 2.11 bits per heavy atom. The van der Waals surface area contributed by atoms with Gasteiger partial charge in [0.15, 0.2) is 5.78 Å². The molecule has 0 saturated carbocycles. The molecule has 0 aliphatic carbocycles. The van der Waals surface area contributed by atoms with Crippen molar-refractivity contribution in [2.24, 2.45) is 0 Å². The molecule has 4 nitrogen and oxygen atoms in total. The van der Waals surface area contributed by atoms with Gasteiger partial charge in [-0.2, -0.15) is 11.3 Å². The maximum absolute atomic E-state index is 12.1. The zero-order valence-electron chi connectivity index (χ0n) is 10.6. The number of carbonyl (C=O) groups excluding carboxylic acids is 1. The molecule has 19 heavy (non-hydrogen) atoms. The van der Waals surface area contributed by atoms with E-state index in [1.165, 1.54) is 6.08 Å². The summed E-state index contributed by atoms with van der Waals surface area (Å²) in [6.07, 6.45) is 3.20. The van der Waals surface area contributed by atoms with Gasteiger partial charge in [-0.15, -0.1) is 0 Å². The molecule has 2 aromatic rings. The second-order valence-corrected chi connectivity index (χ2v) is 4.96. The number of rotatable bonds is 4. The minimum Gasteiger partial charge on any atom is -0.477 e. The molecule has 2 aromatic heterocycles. The highest BCUT2D eigenvalue weighted by Crippen LogP contribution is 2.19. The Morgan fingerprint density at radius 3 is 2.63 bits per heavy atom. The lowest BCUT2D eigenvalue weighted by Gasteiger charge is -1.96. The van der Waals surface area contributed by atoms with Crippen molar-refractivity contribution in [3.8, 4) is 0 Å². The summed E-state index contributed by atoms with van der Waals surface area (Å²) >= 11 is 1.55. The Kier molecular flexibility index (Phi) is 3.66. The van der Waals surface area contributed by atoms with Crippen molar-refractivity contribution >= 4 is 29.2 Å². The van der Waals surface area contributed by atoms with E-state index in [0.717, 1.165) is 5.56 Å².